The van der Waals surface area contributed by atoms with Crippen LogP contribution in [0.25, 0.3) is 33.1 Å². The van der Waals surface area contributed by atoms with Crippen LogP contribution in [0, 0.1) is 0 Å². The van der Waals surface area contributed by atoms with Gasteiger partial charge in [-0.3, -0.25) is 0 Å². The van der Waals surface area contributed by atoms with Crippen LogP contribution in [0.15, 0.2) is 60.8 Å². The molecule has 2 aromatic carbocycles. The van der Waals surface area contributed by atoms with Crippen LogP contribution in [0.1, 0.15) is 0 Å². The van der Waals surface area contributed by atoms with Gasteiger partial charge in [-0.2, -0.15) is 6.20 Å². The first-order valence-electron chi connectivity index (χ1n) is 5.95. The number of rotatable bonds is 1. The van der Waals surface area contributed by atoms with Gasteiger partial charge in [0, 0.05) is 0 Å². The molecule has 22 heavy (non-hydrogen) atoms. The zero-order valence-electron chi connectivity index (χ0n) is 11.8. The van der Waals surface area contributed by atoms with Crippen molar-refractivity contribution in [2.24, 2.45) is 0 Å². The van der Waals surface area contributed by atoms with Crippen molar-refractivity contribution < 1.29 is 48.0 Å². The molecular formula is C16H10I2Mg2N2. The molecule has 2 aromatic heterocycles. The van der Waals surface area contributed by atoms with Crippen molar-refractivity contribution in [2.45, 2.75) is 0 Å². The summed E-state index contributed by atoms with van der Waals surface area (Å²) >= 11 is 0. The maximum atomic E-state index is 4.68. The standard InChI is InChI=1S/C16H10N2.2HI.2Mg/c1-2-6-14-11(4-1)10-16(18-14)12-5-3-7-15-13(12)8-9-17-15;;;;/h1-10H;2*1H;;/q-2;;;2*+2/p-2. The van der Waals surface area contributed by atoms with Gasteiger partial charge >= 0.3 is 46.1 Å². The van der Waals surface area contributed by atoms with Crippen molar-refractivity contribution in [3.8, 4) is 11.3 Å². The van der Waals surface area contributed by atoms with Crippen molar-refractivity contribution in [1.29, 1.82) is 0 Å². The minimum absolute atomic E-state index is 0. The van der Waals surface area contributed by atoms with Crippen LogP contribution in [0.2, 0.25) is 0 Å². The topological polar surface area (TPSA) is 28.2 Å². The third kappa shape index (κ3) is 4.12. The normalized spacial score (nSPS) is 9.27. The van der Waals surface area contributed by atoms with E-state index in [0.29, 0.717) is 0 Å². The molecular weight excluding hydrogens is 523 g/mol. The molecule has 0 atom stereocenters. The van der Waals surface area contributed by atoms with E-state index in [1.807, 2.05) is 42.6 Å². The Hall–Kier alpha value is 0.512. The Morgan fingerprint density at radius 1 is 0.727 bits per heavy atom. The first kappa shape index (κ1) is 22.5. The molecule has 0 aliphatic carbocycles. The molecule has 102 valence electrons. The van der Waals surface area contributed by atoms with Gasteiger partial charge < -0.3 is 57.9 Å². The number of hydrogen-bond acceptors (Lipinski definition) is 0. The zero-order chi connectivity index (χ0) is 11.9. The largest absolute Gasteiger partial charge is 2.00 e. The Kier molecular flexibility index (Phi) is 9.95. The van der Waals surface area contributed by atoms with E-state index in [-0.39, 0.29) is 94.1 Å². The van der Waals surface area contributed by atoms with E-state index >= 15 is 0 Å². The molecule has 0 bridgehead atoms. The third-order valence-corrected chi connectivity index (χ3v) is 3.28. The summed E-state index contributed by atoms with van der Waals surface area (Å²) in [5.41, 5.74) is 4.25. The summed E-state index contributed by atoms with van der Waals surface area (Å²) in [5.74, 6) is 0. The van der Waals surface area contributed by atoms with Crippen LogP contribution in [0.4, 0.5) is 0 Å². The SMILES string of the molecule is [I-].[I-].[Mg+2].[Mg+2].c1ccc2[n-]c(-c3cccc4[n-]ccc34)cc2c1. The van der Waals surface area contributed by atoms with Crippen LogP contribution in [0.3, 0.4) is 0 Å². The van der Waals surface area contributed by atoms with Crippen LogP contribution in [0.5, 0.6) is 0 Å². The fraction of sp³-hybridized carbons (Fsp3) is 0. The molecule has 4 aromatic rings. The number of aromatic nitrogens is 2. The van der Waals surface area contributed by atoms with E-state index < -0.39 is 0 Å². The summed E-state index contributed by atoms with van der Waals surface area (Å²) in [5, 5.41) is 2.35. The Morgan fingerprint density at radius 2 is 1.45 bits per heavy atom. The van der Waals surface area contributed by atoms with Crippen LogP contribution in [-0.4, -0.2) is 46.1 Å². The zero-order valence-corrected chi connectivity index (χ0v) is 19.0. The maximum absolute atomic E-state index is 4.68. The van der Waals surface area contributed by atoms with E-state index in [9.17, 15) is 0 Å². The minimum atomic E-state index is 0. The van der Waals surface area contributed by atoms with Crippen molar-refractivity contribution in [2.75, 3.05) is 0 Å². The van der Waals surface area contributed by atoms with Gasteiger partial charge in [0.05, 0.1) is 0 Å². The van der Waals surface area contributed by atoms with Gasteiger partial charge in [0.15, 0.2) is 0 Å². The molecule has 0 aliphatic rings. The maximum Gasteiger partial charge on any atom is 2.00 e. The molecule has 0 saturated heterocycles. The van der Waals surface area contributed by atoms with Gasteiger partial charge in [-0.1, -0.05) is 54.6 Å². The molecule has 4 rings (SSSR count). The first-order chi connectivity index (χ1) is 8.92. The third-order valence-electron chi connectivity index (χ3n) is 3.28. The van der Waals surface area contributed by atoms with Crippen molar-refractivity contribution in [1.82, 2.24) is 9.97 Å². The van der Waals surface area contributed by atoms with E-state index in [2.05, 4.69) is 28.2 Å². The number of halogens is 2. The second kappa shape index (κ2) is 9.72. The molecule has 0 amide bonds. The number of nitrogens with zero attached hydrogens (tertiary/aromatic N) is 2. The Bertz CT molecular complexity index is 822. The van der Waals surface area contributed by atoms with Crippen molar-refractivity contribution in [3.05, 3.63) is 60.8 Å². The molecule has 0 aliphatic heterocycles. The number of fused-ring (bicyclic) bond motifs is 2. The Morgan fingerprint density at radius 3 is 2.23 bits per heavy atom. The van der Waals surface area contributed by atoms with Crippen molar-refractivity contribution in [3.63, 3.8) is 0 Å². The fourth-order valence-electron chi connectivity index (χ4n) is 2.41. The molecule has 0 N–H and O–H groups in total. The average molecular weight is 533 g/mol. The van der Waals surface area contributed by atoms with Crippen LogP contribution < -0.4 is 57.9 Å². The predicted octanol–water partition coefficient (Wildman–Crippen LogP) is -3.18. The second-order valence-corrected chi connectivity index (χ2v) is 4.38. The van der Waals surface area contributed by atoms with Gasteiger partial charge in [-0.15, -0.1) is 16.7 Å². The monoisotopic (exact) mass is 532 g/mol. The van der Waals surface area contributed by atoms with E-state index in [4.69, 9.17) is 0 Å². The average Bonchev–Trinajstić information content (AvgIpc) is 3.04. The van der Waals surface area contributed by atoms with Gasteiger partial charge in [-0.25, -0.2) is 0 Å². The van der Waals surface area contributed by atoms with Crippen LogP contribution >= 0.6 is 0 Å². The quantitative estimate of drug-likeness (QED) is 0.191. The number of hydrogen-bond donors (Lipinski definition) is 0. The summed E-state index contributed by atoms with van der Waals surface area (Å²) < 4.78 is 0. The molecule has 0 radical (unpaired) electrons. The summed E-state index contributed by atoms with van der Waals surface area (Å²) in [6.45, 7) is 0. The number of benzene rings is 2. The van der Waals surface area contributed by atoms with Gasteiger partial charge in [0.1, 0.15) is 0 Å². The van der Waals surface area contributed by atoms with E-state index in [0.717, 1.165) is 22.3 Å². The molecule has 0 spiro atoms. The Balaban J connectivity index is 0.00000110. The molecule has 6 heteroatoms. The first-order valence-corrected chi connectivity index (χ1v) is 5.95. The summed E-state index contributed by atoms with van der Waals surface area (Å²) in [6.07, 6.45) is 1.84. The number of para-hydroxylation sites is 1. The van der Waals surface area contributed by atoms with Crippen LogP contribution in [-0.2, 0) is 0 Å². The summed E-state index contributed by atoms with van der Waals surface area (Å²) in [6, 6.07) is 18.5. The molecule has 0 unspecified atom stereocenters. The minimum Gasteiger partial charge on any atom is -1.00 e. The Labute approximate surface area is 195 Å². The summed E-state index contributed by atoms with van der Waals surface area (Å²) in [7, 11) is 0. The molecule has 2 heterocycles. The second-order valence-electron chi connectivity index (χ2n) is 4.38. The molecule has 0 fully saturated rings. The van der Waals surface area contributed by atoms with Gasteiger partial charge in [0.25, 0.3) is 0 Å². The van der Waals surface area contributed by atoms with E-state index in [1.54, 1.807) is 0 Å². The van der Waals surface area contributed by atoms with Gasteiger partial charge in [-0.05, 0) is 16.3 Å². The smallest absolute Gasteiger partial charge is 1.00 e. The fourth-order valence-corrected chi connectivity index (χ4v) is 2.41. The predicted molar refractivity (Wildman–Crippen MR) is 85.0 cm³/mol. The van der Waals surface area contributed by atoms with E-state index in [1.165, 1.54) is 10.8 Å². The molecule has 0 saturated carbocycles. The summed E-state index contributed by atoms with van der Waals surface area (Å²) in [4.78, 5) is 9.02. The molecule has 2 nitrogen and oxygen atoms in total. The van der Waals surface area contributed by atoms with Crippen molar-refractivity contribution >= 4 is 67.9 Å². The van der Waals surface area contributed by atoms with Gasteiger partial charge in [0.2, 0.25) is 0 Å².